The van der Waals surface area contributed by atoms with Crippen LogP contribution in [0.5, 0.6) is 0 Å². The number of nitrogens with zero attached hydrogens (tertiary/aromatic N) is 2. The fourth-order valence-electron chi connectivity index (χ4n) is 1.92. The van der Waals surface area contributed by atoms with Crippen molar-refractivity contribution in [2.45, 2.75) is 19.9 Å². The van der Waals surface area contributed by atoms with E-state index in [0.29, 0.717) is 23.6 Å². The molecule has 0 radical (unpaired) electrons. The molecular formula is C13H14F2N4OS. The lowest BCUT2D eigenvalue weighted by Crippen LogP contribution is -2.27. The lowest BCUT2D eigenvalue weighted by molar-refractivity contribution is 0.0949. The molecule has 0 aliphatic carbocycles. The first-order valence-electron chi connectivity index (χ1n) is 6.40. The molecule has 0 unspecified atom stereocenters. The van der Waals surface area contributed by atoms with Gasteiger partial charge in [-0.1, -0.05) is 0 Å². The van der Waals surface area contributed by atoms with Gasteiger partial charge < -0.3 is 9.88 Å². The molecule has 0 saturated carbocycles. The van der Waals surface area contributed by atoms with Gasteiger partial charge in [-0.3, -0.25) is 9.89 Å². The highest BCUT2D eigenvalue weighted by Gasteiger charge is 2.13. The first-order chi connectivity index (χ1) is 10.0. The molecular weight excluding hydrogens is 298 g/mol. The van der Waals surface area contributed by atoms with Gasteiger partial charge in [0.25, 0.3) is 5.91 Å². The predicted molar refractivity (Wildman–Crippen MR) is 75.5 cm³/mol. The number of nitrogens with one attached hydrogen (secondary N) is 2. The summed E-state index contributed by atoms with van der Waals surface area (Å²) in [7, 11) is 0. The minimum absolute atomic E-state index is 0.244. The van der Waals surface area contributed by atoms with Crippen LogP contribution in [0.25, 0.3) is 0 Å². The zero-order valence-corrected chi connectivity index (χ0v) is 12.1. The zero-order chi connectivity index (χ0) is 15.4. The molecule has 8 heteroatoms. The SMILES string of the molecule is CCn1c(CCNC(=O)c2cc(F)ccc2F)n[nH]c1=S. The minimum Gasteiger partial charge on any atom is -0.351 e. The molecule has 0 bridgehead atoms. The lowest BCUT2D eigenvalue weighted by Gasteiger charge is -2.07. The van der Waals surface area contributed by atoms with Crippen LogP contribution in [-0.2, 0) is 13.0 Å². The highest BCUT2D eigenvalue weighted by molar-refractivity contribution is 7.71. The van der Waals surface area contributed by atoms with Crippen LogP contribution in [0, 0.1) is 16.4 Å². The van der Waals surface area contributed by atoms with Crippen LogP contribution < -0.4 is 5.32 Å². The molecule has 0 aliphatic heterocycles. The van der Waals surface area contributed by atoms with Gasteiger partial charge in [0.2, 0.25) is 0 Å². The average Bonchev–Trinajstić information content (AvgIpc) is 2.81. The molecule has 2 rings (SSSR count). The van der Waals surface area contributed by atoms with Crippen LogP contribution in [0.15, 0.2) is 18.2 Å². The number of amides is 1. The van der Waals surface area contributed by atoms with Gasteiger partial charge in [-0.25, -0.2) is 8.78 Å². The molecule has 0 atom stereocenters. The summed E-state index contributed by atoms with van der Waals surface area (Å²) in [5, 5.41) is 9.25. The Morgan fingerprint density at radius 1 is 1.48 bits per heavy atom. The molecule has 1 heterocycles. The Morgan fingerprint density at radius 3 is 2.95 bits per heavy atom. The standard InChI is InChI=1S/C13H14F2N4OS/c1-2-19-11(17-18-13(19)21)5-6-16-12(20)9-7-8(14)3-4-10(9)15/h3-4,7H,2,5-6H2,1H3,(H,16,20)(H,18,21). The quantitative estimate of drug-likeness (QED) is 0.832. The normalized spacial score (nSPS) is 10.6. The van der Waals surface area contributed by atoms with E-state index in [1.807, 2.05) is 6.92 Å². The van der Waals surface area contributed by atoms with Crippen molar-refractivity contribution < 1.29 is 13.6 Å². The summed E-state index contributed by atoms with van der Waals surface area (Å²) in [4.78, 5) is 11.8. The summed E-state index contributed by atoms with van der Waals surface area (Å²) in [6.07, 6.45) is 0.434. The van der Waals surface area contributed by atoms with Gasteiger partial charge in [-0.2, -0.15) is 5.10 Å². The smallest absolute Gasteiger partial charge is 0.254 e. The second kappa shape index (κ2) is 6.57. The zero-order valence-electron chi connectivity index (χ0n) is 11.3. The van der Waals surface area contributed by atoms with Gasteiger partial charge in [-0.05, 0) is 37.3 Å². The first-order valence-corrected chi connectivity index (χ1v) is 6.81. The summed E-state index contributed by atoms with van der Waals surface area (Å²) in [5.41, 5.74) is -0.315. The highest BCUT2D eigenvalue weighted by atomic mass is 32.1. The number of halogens is 2. The molecule has 0 saturated heterocycles. The van der Waals surface area contributed by atoms with Crippen molar-refractivity contribution in [2.75, 3.05) is 6.54 Å². The molecule has 1 aromatic carbocycles. The van der Waals surface area contributed by atoms with Crippen molar-refractivity contribution in [3.8, 4) is 0 Å². The van der Waals surface area contributed by atoms with Crippen LogP contribution in [0.2, 0.25) is 0 Å². The average molecular weight is 312 g/mol. The molecule has 1 aromatic heterocycles. The number of hydrogen-bond acceptors (Lipinski definition) is 3. The second-order valence-corrected chi connectivity index (χ2v) is 4.71. The van der Waals surface area contributed by atoms with E-state index in [2.05, 4.69) is 15.5 Å². The maximum atomic E-state index is 13.4. The summed E-state index contributed by atoms with van der Waals surface area (Å²) in [5.74, 6) is -1.38. The van der Waals surface area contributed by atoms with Crippen LogP contribution in [-0.4, -0.2) is 27.2 Å². The van der Waals surface area contributed by atoms with E-state index in [4.69, 9.17) is 12.2 Å². The third-order valence-corrected chi connectivity index (χ3v) is 3.27. The monoisotopic (exact) mass is 312 g/mol. The Labute approximate surface area is 125 Å². The van der Waals surface area contributed by atoms with Crippen LogP contribution >= 0.6 is 12.2 Å². The Bertz CT molecular complexity index is 710. The molecule has 0 fully saturated rings. The Balaban J connectivity index is 1.98. The van der Waals surface area contributed by atoms with Crippen molar-refractivity contribution >= 4 is 18.1 Å². The van der Waals surface area contributed by atoms with E-state index < -0.39 is 17.5 Å². The van der Waals surface area contributed by atoms with E-state index in [0.717, 1.165) is 18.2 Å². The summed E-state index contributed by atoms with van der Waals surface area (Å²) < 4.78 is 28.8. The molecule has 2 aromatic rings. The predicted octanol–water partition coefficient (Wildman–Crippen LogP) is 2.21. The molecule has 5 nitrogen and oxygen atoms in total. The summed E-state index contributed by atoms with van der Waals surface area (Å²) in [6, 6.07) is 2.75. The maximum absolute atomic E-state index is 13.4. The van der Waals surface area contributed by atoms with Crippen molar-refractivity contribution in [1.29, 1.82) is 0 Å². The Hall–Kier alpha value is -2.09. The molecule has 2 N–H and O–H groups in total. The van der Waals surface area contributed by atoms with E-state index in [9.17, 15) is 13.6 Å². The third kappa shape index (κ3) is 3.52. The van der Waals surface area contributed by atoms with Crippen LogP contribution in [0.1, 0.15) is 23.1 Å². The van der Waals surface area contributed by atoms with E-state index in [1.165, 1.54) is 0 Å². The number of carbonyl (C=O) groups excluding carboxylic acids is 1. The van der Waals surface area contributed by atoms with Crippen molar-refractivity contribution in [2.24, 2.45) is 0 Å². The topological polar surface area (TPSA) is 62.7 Å². The van der Waals surface area contributed by atoms with Gasteiger partial charge in [-0.15, -0.1) is 0 Å². The van der Waals surface area contributed by atoms with E-state index in [-0.39, 0.29) is 12.1 Å². The Kier molecular flexibility index (Phi) is 4.79. The molecule has 0 spiro atoms. The number of hydrogen-bond donors (Lipinski definition) is 2. The largest absolute Gasteiger partial charge is 0.351 e. The second-order valence-electron chi connectivity index (χ2n) is 4.32. The lowest BCUT2D eigenvalue weighted by atomic mass is 10.2. The third-order valence-electron chi connectivity index (χ3n) is 2.96. The number of aromatic nitrogens is 3. The first kappa shape index (κ1) is 15.3. The number of benzene rings is 1. The number of H-pyrrole nitrogens is 1. The summed E-state index contributed by atoms with van der Waals surface area (Å²) >= 11 is 5.05. The minimum atomic E-state index is -0.759. The van der Waals surface area contributed by atoms with Crippen molar-refractivity contribution in [3.63, 3.8) is 0 Å². The van der Waals surface area contributed by atoms with Gasteiger partial charge in [0.05, 0.1) is 5.56 Å². The van der Waals surface area contributed by atoms with Gasteiger partial charge in [0.15, 0.2) is 4.77 Å². The highest BCUT2D eigenvalue weighted by Crippen LogP contribution is 2.09. The van der Waals surface area contributed by atoms with Gasteiger partial charge in [0.1, 0.15) is 17.5 Å². The van der Waals surface area contributed by atoms with Gasteiger partial charge in [0, 0.05) is 19.5 Å². The fraction of sp³-hybridized carbons (Fsp3) is 0.308. The fourth-order valence-corrected chi connectivity index (χ4v) is 2.20. The van der Waals surface area contributed by atoms with Gasteiger partial charge >= 0.3 is 0 Å². The molecule has 1 amide bonds. The van der Waals surface area contributed by atoms with Crippen molar-refractivity contribution in [1.82, 2.24) is 20.1 Å². The number of aromatic amines is 1. The van der Waals surface area contributed by atoms with E-state index >= 15 is 0 Å². The van der Waals surface area contributed by atoms with Crippen LogP contribution in [0.4, 0.5) is 8.78 Å². The molecule has 0 aliphatic rings. The summed E-state index contributed by atoms with van der Waals surface area (Å²) in [6.45, 7) is 2.83. The number of rotatable bonds is 5. The Morgan fingerprint density at radius 2 is 2.24 bits per heavy atom. The van der Waals surface area contributed by atoms with Crippen LogP contribution in [0.3, 0.4) is 0 Å². The van der Waals surface area contributed by atoms with E-state index in [1.54, 1.807) is 4.57 Å². The number of carbonyl (C=O) groups is 1. The maximum Gasteiger partial charge on any atom is 0.254 e. The molecule has 112 valence electrons. The molecule has 21 heavy (non-hydrogen) atoms. The van der Waals surface area contributed by atoms with Crippen molar-refractivity contribution in [3.05, 3.63) is 46.0 Å².